The molecule has 3 rings (SSSR count). The SMILES string of the molecule is O=C(O)c1cncnc1CN1CCN2C(=O)CCC2C1. The van der Waals surface area contributed by atoms with Crippen molar-refractivity contribution in [3.05, 3.63) is 23.8 Å². The Morgan fingerprint density at radius 1 is 1.45 bits per heavy atom. The zero-order chi connectivity index (χ0) is 14.1. The van der Waals surface area contributed by atoms with E-state index in [1.54, 1.807) is 0 Å². The molecule has 1 aromatic rings. The summed E-state index contributed by atoms with van der Waals surface area (Å²) >= 11 is 0. The summed E-state index contributed by atoms with van der Waals surface area (Å²) in [5.74, 6) is -0.766. The highest BCUT2D eigenvalue weighted by Gasteiger charge is 2.35. The van der Waals surface area contributed by atoms with Gasteiger partial charge in [0.05, 0.1) is 5.69 Å². The molecule has 1 aromatic heterocycles. The lowest BCUT2D eigenvalue weighted by Crippen LogP contribution is -2.51. The molecule has 1 unspecified atom stereocenters. The van der Waals surface area contributed by atoms with E-state index >= 15 is 0 Å². The van der Waals surface area contributed by atoms with E-state index in [9.17, 15) is 9.59 Å². The number of aromatic carboxylic acids is 1. The molecular weight excluding hydrogens is 260 g/mol. The van der Waals surface area contributed by atoms with Gasteiger partial charge in [0.25, 0.3) is 0 Å². The summed E-state index contributed by atoms with van der Waals surface area (Å²) < 4.78 is 0. The number of carbonyl (C=O) groups is 2. The van der Waals surface area contributed by atoms with E-state index in [2.05, 4.69) is 14.9 Å². The average Bonchev–Trinajstić information content (AvgIpc) is 2.80. The second-order valence-corrected chi connectivity index (χ2v) is 5.20. The molecular formula is C13H16N4O3. The maximum absolute atomic E-state index is 11.6. The molecule has 3 heterocycles. The van der Waals surface area contributed by atoms with Crippen molar-refractivity contribution >= 4 is 11.9 Å². The van der Waals surface area contributed by atoms with Crippen LogP contribution in [0.1, 0.15) is 28.9 Å². The molecule has 1 atom stereocenters. The largest absolute Gasteiger partial charge is 0.478 e. The molecule has 0 bridgehead atoms. The number of carboxylic acids is 1. The minimum atomic E-state index is -1.00. The Balaban J connectivity index is 1.70. The fraction of sp³-hybridized carbons (Fsp3) is 0.538. The van der Waals surface area contributed by atoms with Crippen molar-refractivity contribution in [2.24, 2.45) is 0 Å². The third-order valence-corrected chi connectivity index (χ3v) is 3.98. The highest BCUT2D eigenvalue weighted by Crippen LogP contribution is 2.23. The van der Waals surface area contributed by atoms with Crippen molar-refractivity contribution in [3.8, 4) is 0 Å². The summed E-state index contributed by atoms with van der Waals surface area (Å²) in [4.78, 5) is 34.7. The number of carboxylic acid groups (broad SMARTS) is 1. The first-order valence-electron chi connectivity index (χ1n) is 6.69. The molecule has 0 aliphatic carbocycles. The number of nitrogens with zero attached hydrogens (tertiary/aromatic N) is 4. The second kappa shape index (κ2) is 5.16. The summed E-state index contributed by atoms with van der Waals surface area (Å²) in [5, 5.41) is 9.13. The lowest BCUT2D eigenvalue weighted by Gasteiger charge is -2.37. The van der Waals surface area contributed by atoms with E-state index in [1.165, 1.54) is 12.5 Å². The Morgan fingerprint density at radius 3 is 3.10 bits per heavy atom. The molecule has 2 fully saturated rings. The minimum Gasteiger partial charge on any atom is -0.478 e. The first-order chi connectivity index (χ1) is 9.65. The van der Waals surface area contributed by atoms with Crippen LogP contribution >= 0.6 is 0 Å². The summed E-state index contributed by atoms with van der Waals surface area (Å²) in [6, 6.07) is 0.270. The van der Waals surface area contributed by atoms with Crippen molar-refractivity contribution in [1.82, 2.24) is 19.8 Å². The molecule has 1 N–H and O–H groups in total. The molecule has 7 nitrogen and oxygen atoms in total. The van der Waals surface area contributed by atoms with Crippen LogP contribution in [0.2, 0.25) is 0 Å². The van der Waals surface area contributed by atoms with Crippen molar-refractivity contribution in [2.75, 3.05) is 19.6 Å². The molecule has 2 saturated heterocycles. The summed E-state index contributed by atoms with van der Waals surface area (Å²) in [7, 11) is 0. The van der Waals surface area contributed by atoms with Gasteiger partial charge in [-0.1, -0.05) is 0 Å². The van der Waals surface area contributed by atoms with Crippen LogP contribution in [0.15, 0.2) is 12.5 Å². The van der Waals surface area contributed by atoms with Crippen molar-refractivity contribution in [1.29, 1.82) is 0 Å². The van der Waals surface area contributed by atoms with E-state index in [0.29, 0.717) is 18.7 Å². The van der Waals surface area contributed by atoms with E-state index in [-0.39, 0.29) is 17.5 Å². The molecule has 2 aliphatic heterocycles. The lowest BCUT2D eigenvalue weighted by atomic mass is 10.1. The molecule has 1 amide bonds. The van der Waals surface area contributed by atoms with Crippen LogP contribution in [0.3, 0.4) is 0 Å². The Hall–Kier alpha value is -2.02. The van der Waals surface area contributed by atoms with Gasteiger partial charge in [0.15, 0.2) is 0 Å². The normalized spacial score (nSPS) is 22.9. The van der Waals surface area contributed by atoms with Crippen LogP contribution in [-0.4, -0.2) is 62.4 Å². The molecule has 20 heavy (non-hydrogen) atoms. The standard InChI is InChI=1S/C13H16N4O3/c18-12-2-1-9-6-16(3-4-17(9)12)7-11-10(13(19)20)5-14-8-15-11/h5,8-9H,1-4,6-7H2,(H,19,20). The molecule has 0 spiro atoms. The van der Waals surface area contributed by atoms with Gasteiger partial charge >= 0.3 is 5.97 Å². The fourth-order valence-electron chi connectivity index (χ4n) is 2.94. The van der Waals surface area contributed by atoms with Gasteiger partial charge in [-0.2, -0.15) is 0 Å². The van der Waals surface area contributed by atoms with Gasteiger partial charge in [-0.3, -0.25) is 9.69 Å². The molecule has 0 aromatic carbocycles. The molecule has 2 aliphatic rings. The number of rotatable bonds is 3. The maximum Gasteiger partial charge on any atom is 0.339 e. The Bertz CT molecular complexity index is 548. The Kier molecular flexibility index (Phi) is 3.35. The van der Waals surface area contributed by atoms with Crippen LogP contribution in [0.4, 0.5) is 0 Å². The summed E-state index contributed by atoms with van der Waals surface area (Å²) in [5.41, 5.74) is 0.683. The predicted octanol–water partition coefficient (Wildman–Crippen LogP) is -0.0186. The number of amides is 1. The van der Waals surface area contributed by atoms with Crippen LogP contribution in [0.5, 0.6) is 0 Å². The van der Waals surface area contributed by atoms with Gasteiger partial charge in [0, 0.05) is 44.8 Å². The van der Waals surface area contributed by atoms with Crippen molar-refractivity contribution < 1.29 is 14.7 Å². The number of piperazine rings is 1. The quantitative estimate of drug-likeness (QED) is 0.835. The molecule has 0 radical (unpaired) electrons. The number of aromatic nitrogens is 2. The van der Waals surface area contributed by atoms with Gasteiger partial charge in [-0.05, 0) is 6.42 Å². The molecule has 7 heteroatoms. The predicted molar refractivity (Wildman–Crippen MR) is 69.0 cm³/mol. The van der Waals surface area contributed by atoms with Crippen molar-refractivity contribution in [3.63, 3.8) is 0 Å². The first-order valence-corrected chi connectivity index (χ1v) is 6.69. The Labute approximate surface area is 116 Å². The first kappa shape index (κ1) is 13.0. The monoisotopic (exact) mass is 276 g/mol. The highest BCUT2D eigenvalue weighted by atomic mass is 16.4. The molecule has 106 valence electrons. The smallest absolute Gasteiger partial charge is 0.339 e. The van der Waals surface area contributed by atoms with Crippen LogP contribution in [0, 0.1) is 0 Å². The van der Waals surface area contributed by atoms with E-state index in [0.717, 1.165) is 26.1 Å². The minimum absolute atomic E-state index is 0.150. The van der Waals surface area contributed by atoms with E-state index in [1.807, 2.05) is 4.90 Å². The third-order valence-electron chi connectivity index (χ3n) is 3.98. The van der Waals surface area contributed by atoms with Gasteiger partial charge < -0.3 is 10.0 Å². The second-order valence-electron chi connectivity index (χ2n) is 5.20. The number of fused-ring (bicyclic) bond motifs is 1. The lowest BCUT2D eigenvalue weighted by molar-refractivity contribution is -0.130. The summed E-state index contributed by atoms with van der Waals surface area (Å²) in [6.45, 7) is 2.75. The average molecular weight is 276 g/mol. The third kappa shape index (κ3) is 2.36. The van der Waals surface area contributed by atoms with Crippen LogP contribution < -0.4 is 0 Å². The van der Waals surface area contributed by atoms with Gasteiger partial charge in [0.2, 0.25) is 5.91 Å². The zero-order valence-electron chi connectivity index (χ0n) is 11.0. The van der Waals surface area contributed by atoms with Gasteiger partial charge in [0.1, 0.15) is 11.9 Å². The van der Waals surface area contributed by atoms with Crippen LogP contribution in [-0.2, 0) is 11.3 Å². The van der Waals surface area contributed by atoms with E-state index in [4.69, 9.17) is 5.11 Å². The summed E-state index contributed by atoms with van der Waals surface area (Å²) in [6.07, 6.45) is 4.23. The van der Waals surface area contributed by atoms with E-state index < -0.39 is 5.97 Å². The number of hydrogen-bond acceptors (Lipinski definition) is 5. The zero-order valence-corrected chi connectivity index (χ0v) is 11.0. The topological polar surface area (TPSA) is 86.6 Å². The number of carbonyl (C=O) groups excluding carboxylic acids is 1. The highest BCUT2D eigenvalue weighted by molar-refractivity contribution is 5.88. The molecule has 0 saturated carbocycles. The van der Waals surface area contributed by atoms with Gasteiger partial charge in [-0.25, -0.2) is 14.8 Å². The van der Waals surface area contributed by atoms with Crippen molar-refractivity contribution in [2.45, 2.75) is 25.4 Å². The maximum atomic E-state index is 11.6. The fourth-order valence-corrected chi connectivity index (χ4v) is 2.94. The van der Waals surface area contributed by atoms with Gasteiger partial charge in [-0.15, -0.1) is 0 Å². The Morgan fingerprint density at radius 2 is 2.30 bits per heavy atom. The van der Waals surface area contributed by atoms with Crippen LogP contribution in [0.25, 0.3) is 0 Å². The number of hydrogen-bond donors (Lipinski definition) is 1.